The van der Waals surface area contributed by atoms with Crippen LogP contribution in [0.2, 0.25) is 5.02 Å². The Hall–Kier alpha value is -2.01. The summed E-state index contributed by atoms with van der Waals surface area (Å²) in [6.45, 7) is 0.519. The molecule has 0 aliphatic carbocycles. The smallest absolute Gasteiger partial charge is 0.248 e. The molecule has 0 atom stereocenters. The lowest BCUT2D eigenvalue weighted by Crippen LogP contribution is -2.12. The van der Waals surface area contributed by atoms with Gasteiger partial charge < -0.3 is 15.6 Å². The molecular formula is C12H13ClN4O. The minimum absolute atomic E-state index is 0.418. The Kier molecular flexibility index (Phi) is 3.53. The summed E-state index contributed by atoms with van der Waals surface area (Å²) >= 11 is 6.04. The number of nitrogens with one attached hydrogen (secondary N) is 1. The van der Waals surface area contributed by atoms with Gasteiger partial charge in [0.05, 0.1) is 17.3 Å². The predicted molar refractivity (Wildman–Crippen MR) is 70.5 cm³/mol. The van der Waals surface area contributed by atoms with E-state index < -0.39 is 5.91 Å². The second-order valence-electron chi connectivity index (χ2n) is 3.87. The quantitative estimate of drug-likeness (QED) is 0.884. The van der Waals surface area contributed by atoms with Gasteiger partial charge in [-0.25, -0.2) is 4.98 Å². The van der Waals surface area contributed by atoms with Gasteiger partial charge in [0.2, 0.25) is 5.91 Å². The number of hydrogen-bond donors (Lipinski definition) is 2. The van der Waals surface area contributed by atoms with Gasteiger partial charge in [0.25, 0.3) is 0 Å². The van der Waals surface area contributed by atoms with Crippen LogP contribution in [0, 0.1) is 0 Å². The summed E-state index contributed by atoms with van der Waals surface area (Å²) in [5, 5.41) is 3.66. The molecular weight excluding hydrogens is 252 g/mol. The number of carbonyl (C=O) groups excluding carboxylic acids is 1. The number of halogens is 1. The molecule has 0 fully saturated rings. The number of carbonyl (C=O) groups is 1. The Bertz CT molecular complexity index is 579. The molecule has 1 aromatic heterocycles. The number of aryl methyl sites for hydroxylation is 1. The van der Waals surface area contributed by atoms with Crippen molar-refractivity contribution in [3.63, 3.8) is 0 Å². The van der Waals surface area contributed by atoms with Crippen molar-refractivity contribution in [3.05, 3.63) is 47.0 Å². The Labute approximate surface area is 110 Å². The molecule has 94 valence electrons. The molecule has 0 spiro atoms. The average Bonchev–Trinajstić information content (AvgIpc) is 2.73. The summed E-state index contributed by atoms with van der Waals surface area (Å²) in [4.78, 5) is 15.3. The highest BCUT2D eigenvalue weighted by molar-refractivity contribution is 6.33. The van der Waals surface area contributed by atoms with E-state index >= 15 is 0 Å². The highest BCUT2D eigenvalue weighted by Gasteiger charge is 2.06. The molecule has 2 aromatic rings. The van der Waals surface area contributed by atoms with E-state index in [9.17, 15) is 4.79 Å². The van der Waals surface area contributed by atoms with Gasteiger partial charge in [-0.05, 0) is 18.2 Å². The van der Waals surface area contributed by atoms with E-state index in [2.05, 4.69) is 10.3 Å². The molecule has 2 rings (SSSR count). The molecule has 0 saturated carbocycles. The van der Waals surface area contributed by atoms with Gasteiger partial charge in [-0.2, -0.15) is 0 Å². The first-order valence-corrected chi connectivity index (χ1v) is 5.75. The summed E-state index contributed by atoms with van der Waals surface area (Å²) in [7, 11) is 1.91. The molecule has 0 bridgehead atoms. The van der Waals surface area contributed by atoms with E-state index in [1.54, 1.807) is 24.4 Å². The van der Waals surface area contributed by atoms with Gasteiger partial charge in [-0.3, -0.25) is 4.79 Å². The first-order chi connectivity index (χ1) is 8.58. The lowest BCUT2D eigenvalue weighted by molar-refractivity contribution is 0.100. The minimum Gasteiger partial charge on any atom is -0.377 e. The number of anilines is 1. The lowest BCUT2D eigenvalue weighted by Gasteiger charge is -2.09. The zero-order valence-corrected chi connectivity index (χ0v) is 10.6. The molecule has 3 N–H and O–H groups in total. The number of hydrogen-bond acceptors (Lipinski definition) is 3. The van der Waals surface area contributed by atoms with Crippen LogP contribution in [-0.4, -0.2) is 15.5 Å². The molecule has 0 aliphatic rings. The first-order valence-electron chi connectivity index (χ1n) is 5.37. The van der Waals surface area contributed by atoms with Crippen molar-refractivity contribution in [2.24, 2.45) is 12.8 Å². The van der Waals surface area contributed by atoms with E-state index in [1.807, 2.05) is 17.8 Å². The van der Waals surface area contributed by atoms with Crippen LogP contribution in [0.15, 0.2) is 30.6 Å². The van der Waals surface area contributed by atoms with Crippen molar-refractivity contribution in [3.8, 4) is 0 Å². The van der Waals surface area contributed by atoms with Crippen LogP contribution in [0.3, 0.4) is 0 Å². The standard InChI is InChI=1S/C12H13ClN4O/c1-17-5-4-15-11(17)7-16-10-6-8(12(14)18)2-3-9(10)13/h2-6,16H,7H2,1H3,(H2,14,18). The number of nitrogens with zero attached hydrogens (tertiary/aromatic N) is 2. The van der Waals surface area contributed by atoms with Crippen LogP contribution in [0.4, 0.5) is 5.69 Å². The highest BCUT2D eigenvalue weighted by atomic mass is 35.5. The van der Waals surface area contributed by atoms with Crippen molar-refractivity contribution in [1.29, 1.82) is 0 Å². The summed E-state index contributed by atoms with van der Waals surface area (Å²) in [6, 6.07) is 4.87. The molecule has 18 heavy (non-hydrogen) atoms. The van der Waals surface area contributed by atoms with Crippen LogP contribution in [-0.2, 0) is 13.6 Å². The zero-order valence-electron chi connectivity index (χ0n) is 9.85. The van der Waals surface area contributed by atoms with Gasteiger partial charge in [0, 0.05) is 25.0 Å². The van der Waals surface area contributed by atoms with Crippen LogP contribution in [0.25, 0.3) is 0 Å². The fraction of sp³-hybridized carbons (Fsp3) is 0.167. The fourth-order valence-electron chi connectivity index (χ4n) is 1.56. The van der Waals surface area contributed by atoms with Crippen LogP contribution in [0.1, 0.15) is 16.2 Å². The fourth-order valence-corrected chi connectivity index (χ4v) is 1.74. The zero-order chi connectivity index (χ0) is 13.1. The van der Waals surface area contributed by atoms with Gasteiger partial charge >= 0.3 is 0 Å². The molecule has 0 aliphatic heterocycles. The third-order valence-electron chi connectivity index (χ3n) is 2.61. The van der Waals surface area contributed by atoms with Crippen molar-refractivity contribution < 1.29 is 4.79 Å². The average molecular weight is 265 g/mol. The van der Waals surface area contributed by atoms with E-state index in [0.717, 1.165) is 5.82 Å². The number of rotatable bonds is 4. The maximum Gasteiger partial charge on any atom is 0.248 e. The third-order valence-corrected chi connectivity index (χ3v) is 2.94. The van der Waals surface area contributed by atoms with E-state index in [-0.39, 0.29) is 0 Å². The van der Waals surface area contributed by atoms with E-state index in [4.69, 9.17) is 17.3 Å². The number of imidazole rings is 1. The number of benzene rings is 1. The SMILES string of the molecule is Cn1ccnc1CNc1cc(C(N)=O)ccc1Cl. The molecule has 5 nitrogen and oxygen atoms in total. The molecule has 1 aromatic carbocycles. The van der Waals surface area contributed by atoms with Crippen LogP contribution >= 0.6 is 11.6 Å². The Morgan fingerprint density at radius 1 is 1.56 bits per heavy atom. The van der Waals surface area contributed by atoms with Crippen molar-refractivity contribution in [2.75, 3.05) is 5.32 Å². The maximum atomic E-state index is 11.1. The van der Waals surface area contributed by atoms with Gasteiger partial charge in [0.1, 0.15) is 5.82 Å². The number of amides is 1. The van der Waals surface area contributed by atoms with Crippen molar-refractivity contribution in [1.82, 2.24) is 9.55 Å². The monoisotopic (exact) mass is 264 g/mol. The Balaban J connectivity index is 2.16. The van der Waals surface area contributed by atoms with Crippen LogP contribution in [0.5, 0.6) is 0 Å². The van der Waals surface area contributed by atoms with Gasteiger partial charge in [0.15, 0.2) is 0 Å². The summed E-state index contributed by atoms with van der Waals surface area (Å²) in [6.07, 6.45) is 3.58. The molecule has 0 unspecified atom stereocenters. The second-order valence-corrected chi connectivity index (χ2v) is 4.27. The summed E-state index contributed by atoms with van der Waals surface area (Å²) in [5.41, 5.74) is 6.30. The Morgan fingerprint density at radius 3 is 2.94 bits per heavy atom. The first kappa shape index (κ1) is 12.4. The van der Waals surface area contributed by atoms with Crippen LogP contribution < -0.4 is 11.1 Å². The predicted octanol–water partition coefficient (Wildman–Crippen LogP) is 1.78. The normalized spacial score (nSPS) is 10.3. The largest absolute Gasteiger partial charge is 0.377 e. The molecule has 1 heterocycles. The minimum atomic E-state index is -0.480. The third kappa shape index (κ3) is 2.62. The van der Waals surface area contributed by atoms with Crippen molar-refractivity contribution in [2.45, 2.75) is 6.54 Å². The lowest BCUT2D eigenvalue weighted by atomic mass is 10.2. The topological polar surface area (TPSA) is 72.9 Å². The van der Waals surface area contributed by atoms with E-state index in [0.29, 0.717) is 22.8 Å². The second kappa shape index (κ2) is 5.10. The molecule has 6 heteroatoms. The maximum absolute atomic E-state index is 11.1. The number of nitrogens with two attached hydrogens (primary N) is 1. The number of aromatic nitrogens is 2. The van der Waals surface area contributed by atoms with Gasteiger partial charge in [-0.15, -0.1) is 0 Å². The Morgan fingerprint density at radius 2 is 2.33 bits per heavy atom. The highest BCUT2D eigenvalue weighted by Crippen LogP contribution is 2.23. The molecule has 0 saturated heterocycles. The van der Waals surface area contributed by atoms with Gasteiger partial charge in [-0.1, -0.05) is 11.6 Å². The number of primary amides is 1. The summed E-state index contributed by atoms with van der Waals surface area (Å²) < 4.78 is 1.90. The van der Waals surface area contributed by atoms with E-state index in [1.165, 1.54) is 0 Å². The molecule has 1 amide bonds. The summed E-state index contributed by atoms with van der Waals surface area (Å²) in [5.74, 6) is 0.391. The molecule has 0 radical (unpaired) electrons. The van der Waals surface area contributed by atoms with Crippen molar-refractivity contribution >= 4 is 23.2 Å².